The lowest BCUT2D eigenvalue weighted by Gasteiger charge is -2.31. The topological polar surface area (TPSA) is 76.6 Å². The number of nitrogens with zero attached hydrogens (tertiary/aromatic N) is 4. The van der Waals surface area contributed by atoms with Gasteiger partial charge in [-0.2, -0.15) is 5.10 Å². The van der Waals surface area contributed by atoms with Gasteiger partial charge in [0.2, 0.25) is 5.91 Å². The van der Waals surface area contributed by atoms with Crippen LogP contribution in [-0.2, 0) is 24.4 Å². The summed E-state index contributed by atoms with van der Waals surface area (Å²) in [6, 6.07) is 12.7. The van der Waals surface area contributed by atoms with Crippen molar-refractivity contribution in [3.8, 4) is 11.4 Å². The Morgan fingerprint density at radius 3 is 2.74 bits per heavy atom. The lowest BCUT2D eigenvalue weighted by atomic mass is 9.97. The van der Waals surface area contributed by atoms with E-state index in [1.165, 1.54) is 23.3 Å². The fourth-order valence-corrected chi connectivity index (χ4v) is 4.86. The first-order valence-corrected chi connectivity index (χ1v) is 11.8. The van der Waals surface area contributed by atoms with Crippen molar-refractivity contribution in [1.29, 1.82) is 0 Å². The number of primary amides is 1. The molecule has 8 heteroatoms. The summed E-state index contributed by atoms with van der Waals surface area (Å²) in [4.78, 5) is 16.3. The van der Waals surface area contributed by atoms with Crippen LogP contribution in [0, 0.1) is 11.7 Å². The molecule has 0 spiro atoms. The molecule has 0 saturated carbocycles. The Bertz CT molecular complexity index is 1150. The van der Waals surface area contributed by atoms with E-state index in [0.29, 0.717) is 6.61 Å². The number of likely N-dealkylation sites (tertiary alicyclic amines) is 1. The zero-order valence-corrected chi connectivity index (χ0v) is 19.2. The van der Waals surface area contributed by atoms with Gasteiger partial charge in [0.15, 0.2) is 0 Å². The number of halogens is 1. The van der Waals surface area contributed by atoms with Gasteiger partial charge in [0, 0.05) is 50.0 Å². The number of piperidine rings is 1. The molecule has 0 radical (unpaired) electrons. The number of hydrogen-bond acceptors (Lipinski definition) is 5. The fraction of sp³-hybridized carbons (Fsp3) is 0.385. The Balaban J connectivity index is 1.25. The molecule has 1 amide bonds. The van der Waals surface area contributed by atoms with E-state index in [1.54, 1.807) is 16.8 Å². The van der Waals surface area contributed by atoms with Gasteiger partial charge in [-0.15, -0.1) is 0 Å². The third-order valence-electron chi connectivity index (χ3n) is 6.63. The number of nitrogens with two attached hydrogens (primary N) is 1. The highest BCUT2D eigenvalue weighted by molar-refractivity contribution is 5.76. The number of rotatable bonds is 6. The molecule has 3 heterocycles. The Kier molecular flexibility index (Phi) is 6.60. The predicted octanol–water partition coefficient (Wildman–Crippen LogP) is 3.10. The average molecular weight is 464 g/mol. The normalized spacial score (nSPS) is 19.3. The standard InChI is InChI=1S/C26H30FN5O2/c27-23-4-6-24(7-5-23)32-16-20(13-29-32)15-31-10-11-34-25-8-3-19(12-22(25)18-31)14-30-9-1-2-21(17-30)26(28)33/h3-8,12-13,16,21H,1-2,9-11,14-15,17-18H2,(H2,28,33)/t21-/m1/s1. The summed E-state index contributed by atoms with van der Waals surface area (Å²) < 4.78 is 21.0. The Labute approximate surface area is 198 Å². The van der Waals surface area contributed by atoms with E-state index in [9.17, 15) is 9.18 Å². The molecule has 2 aromatic carbocycles. The number of carbonyl (C=O) groups excluding carboxylic acids is 1. The predicted molar refractivity (Wildman–Crippen MR) is 127 cm³/mol. The number of carbonyl (C=O) groups is 1. The molecular formula is C26H30FN5O2. The molecule has 7 nitrogen and oxygen atoms in total. The van der Waals surface area contributed by atoms with Crippen molar-refractivity contribution in [3.63, 3.8) is 0 Å². The molecule has 0 bridgehead atoms. The van der Waals surface area contributed by atoms with E-state index in [2.05, 4.69) is 33.1 Å². The van der Waals surface area contributed by atoms with E-state index in [4.69, 9.17) is 10.5 Å². The largest absolute Gasteiger partial charge is 0.492 e. The van der Waals surface area contributed by atoms with E-state index < -0.39 is 0 Å². The molecule has 0 unspecified atom stereocenters. The third kappa shape index (κ3) is 5.29. The molecule has 5 rings (SSSR count). The molecule has 34 heavy (non-hydrogen) atoms. The third-order valence-corrected chi connectivity index (χ3v) is 6.63. The number of hydrogen-bond donors (Lipinski definition) is 1. The minimum atomic E-state index is -0.258. The maximum atomic E-state index is 13.2. The quantitative estimate of drug-likeness (QED) is 0.608. The van der Waals surface area contributed by atoms with E-state index in [1.807, 2.05) is 12.4 Å². The van der Waals surface area contributed by atoms with Gasteiger partial charge < -0.3 is 10.5 Å². The Morgan fingerprint density at radius 2 is 1.91 bits per heavy atom. The SMILES string of the molecule is NC(=O)[C@@H]1CCCN(Cc2ccc3c(c2)CN(Cc2cnn(-c4ccc(F)cc4)c2)CCO3)C1. The molecule has 0 aliphatic carbocycles. The lowest BCUT2D eigenvalue weighted by Crippen LogP contribution is -2.40. The van der Waals surface area contributed by atoms with Crippen molar-refractivity contribution < 1.29 is 13.9 Å². The van der Waals surface area contributed by atoms with Crippen LogP contribution in [0.3, 0.4) is 0 Å². The zero-order valence-electron chi connectivity index (χ0n) is 19.2. The molecule has 178 valence electrons. The van der Waals surface area contributed by atoms with Crippen LogP contribution in [0.2, 0.25) is 0 Å². The Hall–Kier alpha value is -3.23. The van der Waals surface area contributed by atoms with Crippen LogP contribution in [-0.4, -0.2) is 51.7 Å². The molecule has 1 atom stereocenters. The number of aromatic nitrogens is 2. The van der Waals surface area contributed by atoms with Gasteiger partial charge in [0.05, 0.1) is 17.8 Å². The highest BCUT2D eigenvalue weighted by Gasteiger charge is 2.24. The minimum absolute atomic E-state index is 0.0516. The molecule has 2 aliphatic rings. The number of fused-ring (bicyclic) bond motifs is 1. The van der Waals surface area contributed by atoms with Gasteiger partial charge in [-0.05, 0) is 61.3 Å². The van der Waals surface area contributed by atoms with Crippen molar-refractivity contribution >= 4 is 5.91 Å². The second-order valence-electron chi connectivity index (χ2n) is 9.25. The van der Waals surface area contributed by atoms with Crippen LogP contribution in [0.1, 0.15) is 29.5 Å². The summed E-state index contributed by atoms with van der Waals surface area (Å²) in [5.74, 6) is 0.427. The van der Waals surface area contributed by atoms with Crippen molar-refractivity contribution in [3.05, 3.63) is 77.4 Å². The first-order chi connectivity index (χ1) is 16.5. The van der Waals surface area contributed by atoms with Gasteiger partial charge in [0.1, 0.15) is 18.2 Å². The number of benzene rings is 2. The maximum Gasteiger partial charge on any atom is 0.221 e. The highest BCUT2D eigenvalue weighted by Crippen LogP contribution is 2.27. The van der Waals surface area contributed by atoms with Crippen molar-refractivity contribution in [2.24, 2.45) is 11.7 Å². The van der Waals surface area contributed by atoms with Crippen LogP contribution in [0.5, 0.6) is 5.75 Å². The fourth-order valence-electron chi connectivity index (χ4n) is 4.86. The van der Waals surface area contributed by atoms with Gasteiger partial charge in [0.25, 0.3) is 0 Å². The first-order valence-electron chi connectivity index (χ1n) is 11.8. The van der Waals surface area contributed by atoms with Crippen LogP contribution in [0.15, 0.2) is 54.9 Å². The molecule has 1 aromatic heterocycles. The Morgan fingerprint density at radius 1 is 1.09 bits per heavy atom. The molecule has 2 N–H and O–H groups in total. The smallest absolute Gasteiger partial charge is 0.221 e. The zero-order chi connectivity index (χ0) is 23.5. The average Bonchev–Trinajstić information content (AvgIpc) is 3.20. The van der Waals surface area contributed by atoms with Crippen LogP contribution < -0.4 is 10.5 Å². The van der Waals surface area contributed by atoms with E-state index in [-0.39, 0.29) is 17.6 Å². The summed E-state index contributed by atoms with van der Waals surface area (Å²) in [6.45, 7) is 5.51. The molecular weight excluding hydrogens is 433 g/mol. The van der Waals surface area contributed by atoms with E-state index >= 15 is 0 Å². The number of amides is 1. The van der Waals surface area contributed by atoms with Gasteiger partial charge in [-0.3, -0.25) is 14.6 Å². The summed E-state index contributed by atoms with van der Waals surface area (Å²) in [7, 11) is 0. The number of ether oxygens (including phenoxy) is 1. The second kappa shape index (κ2) is 9.95. The minimum Gasteiger partial charge on any atom is -0.492 e. The van der Waals surface area contributed by atoms with Gasteiger partial charge in [-0.25, -0.2) is 9.07 Å². The second-order valence-corrected chi connectivity index (χ2v) is 9.25. The lowest BCUT2D eigenvalue weighted by molar-refractivity contribution is -0.123. The molecule has 1 saturated heterocycles. The maximum absolute atomic E-state index is 13.2. The molecule has 2 aliphatic heterocycles. The summed E-state index contributed by atoms with van der Waals surface area (Å²) >= 11 is 0. The first kappa shape index (κ1) is 22.6. The van der Waals surface area contributed by atoms with Crippen LogP contribution >= 0.6 is 0 Å². The van der Waals surface area contributed by atoms with Crippen molar-refractivity contribution in [1.82, 2.24) is 19.6 Å². The van der Waals surface area contributed by atoms with E-state index in [0.717, 1.165) is 69.1 Å². The van der Waals surface area contributed by atoms with Crippen molar-refractivity contribution in [2.75, 3.05) is 26.2 Å². The summed E-state index contributed by atoms with van der Waals surface area (Å²) in [6.07, 6.45) is 5.73. The molecule has 3 aromatic rings. The monoisotopic (exact) mass is 463 g/mol. The summed E-state index contributed by atoms with van der Waals surface area (Å²) in [5.41, 5.74) is 9.86. The van der Waals surface area contributed by atoms with Crippen LogP contribution in [0.4, 0.5) is 4.39 Å². The van der Waals surface area contributed by atoms with Crippen LogP contribution in [0.25, 0.3) is 5.69 Å². The van der Waals surface area contributed by atoms with Crippen molar-refractivity contribution in [2.45, 2.75) is 32.5 Å². The highest BCUT2D eigenvalue weighted by atomic mass is 19.1. The summed E-state index contributed by atoms with van der Waals surface area (Å²) in [5, 5.41) is 4.44. The molecule has 1 fully saturated rings. The van der Waals surface area contributed by atoms with Gasteiger partial charge >= 0.3 is 0 Å². The van der Waals surface area contributed by atoms with Gasteiger partial charge in [-0.1, -0.05) is 6.07 Å².